The highest BCUT2D eigenvalue weighted by molar-refractivity contribution is 14.0. The summed E-state index contributed by atoms with van der Waals surface area (Å²) in [5, 5.41) is 10.0. The van der Waals surface area contributed by atoms with Crippen molar-refractivity contribution in [3.8, 4) is 5.75 Å². The van der Waals surface area contributed by atoms with Crippen molar-refractivity contribution in [1.82, 2.24) is 20.8 Å². The zero-order chi connectivity index (χ0) is 21.3. The standard InChI is InChI=1S/C19H26F3N5O2.HI/c1-4-15(28-16-8-6-7-14(11-16)19(20,21)22)12-25-18(23-5-2)24-10-9-17-26-13(3)27-29-17;/h6-8,11,15H,4-5,9-10,12H2,1-3H3,(H2,23,24,25);1H. The number of aliphatic imine (C=N–C) groups is 1. The number of guanidine groups is 1. The van der Waals surface area contributed by atoms with Gasteiger partial charge in [-0.05, 0) is 38.5 Å². The maximum Gasteiger partial charge on any atom is 0.416 e. The van der Waals surface area contributed by atoms with E-state index in [4.69, 9.17) is 9.26 Å². The van der Waals surface area contributed by atoms with Crippen molar-refractivity contribution < 1.29 is 22.4 Å². The van der Waals surface area contributed by atoms with Gasteiger partial charge in [-0.2, -0.15) is 18.2 Å². The Morgan fingerprint density at radius 2 is 2.03 bits per heavy atom. The molecule has 2 rings (SSSR count). The zero-order valence-corrected chi connectivity index (χ0v) is 19.5. The quantitative estimate of drug-likeness (QED) is 0.284. The summed E-state index contributed by atoms with van der Waals surface area (Å²) in [6.07, 6.45) is -3.62. The van der Waals surface area contributed by atoms with E-state index < -0.39 is 11.7 Å². The van der Waals surface area contributed by atoms with E-state index in [9.17, 15) is 13.2 Å². The predicted octanol–water partition coefficient (Wildman–Crippen LogP) is 3.97. The van der Waals surface area contributed by atoms with E-state index in [1.54, 1.807) is 6.92 Å². The van der Waals surface area contributed by atoms with Crippen molar-refractivity contribution in [3.63, 3.8) is 0 Å². The normalized spacial score (nSPS) is 12.8. The molecular weight excluding hydrogens is 514 g/mol. The van der Waals surface area contributed by atoms with Gasteiger partial charge in [-0.25, -0.2) is 4.99 Å². The number of aromatic nitrogens is 2. The molecule has 0 amide bonds. The lowest BCUT2D eigenvalue weighted by Crippen LogP contribution is -2.39. The molecule has 0 spiro atoms. The van der Waals surface area contributed by atoms with E-state index in [0.717, 1.165) is 12.1 Å². The first-order chi connectivity index (χ1) is 13.8. The lowest BCUT2D eigenvalue weighted by atomic mass is 10.2. The second-order valence-electron chi connectivity index (χ2n) is 6.31. The summed E-state index contributed by atoms with van der Waals surface area (Å²) in [6.45, 7) is 7.08. The Hall–Kier alpha value is -2.05. The summed E-state index contributed by atoms with van der Waals surface area (Å²) < 4.78 is 49.3. The van der Waals surface area contributed by atoms with Crippen molar-refractivity contribution in [2.45, 2.75) is 45.9 Å². The van der Waals surface area contributed by atoms with Crippen LogP contribution >= 0.6 is 24.0 Å². The minimum atomic E-state index is -4.40. The van der Waals surface area contributed by atoms with Gasteiger partial charge in [0.2, 0.25) is 5.89 Å². The summed E-state index contributed by atoms with van der Waals surface area (Å²) in [7, 11) is 0. The molecule has 2 aromatic rings. The number of aryl methyl sites for hydroxylation is 1. The van der Waals surface area contributed by atoms with Crippen LogP contribution in [0.25, 0.3) is 0 Å². The van der Waals surface area contributed by atoms with Gasteiger partial charge in [0.25, 0.3) is 0 Å². The molecule has 7 nitrogen and oxygen atoms in total. The smallest absolute Gasteiger partial charge is 0.416 e. The van der Waals surface area contributed by atoms with Crippen molar-refractivity contribution in [3.05, 3.63) is 41.5 Å². The molecule has 1 heterocycles. The molecule has 0 aliphatic rings. The van der Waals surface area contributed by atoms with Gasteiger partial charge in [-0.15, -0.1) is 24.0 Å². The van der Waals surface area contributed by atoms with Crippen LogP contribution in [0.1, 0.15) is 37.5 Å². The van der Waals surface area contributed by atoms with Crippen LogP contribution in [0.2, 0.25) is 0 Å². The second-order valence-corrected chi connectivity index (χ2v) is 6.31. The zero-order valence-electron chi connectivity index (χ0n) is 17.1. The topological polar surface area (TPSA) is 84.6 Å². The molecule has 0 saturated carbocycles. The van der Waals surface area contributed by atoms with Crippen LogP contribution in [0.3, 0.4) is 0 Å². The molecule has 30 heavy (non-hydrogen) atoms. The Bertz CT molecular complexity index is 798. The van der Waals surface area contributed by atoms with Gasteiger partial charge in [0.1, 0.15) is 11.9 Å². The molecule has 1 unspecified atom stereocenters. The van der Waals surface area contributed by atoms with Crippen molar-refractivity contribution >= 4 is 29.9 Å². The maximum absolute atomic E-state index is 12.9. The molecular formula is C19H27F3IN5O2. The third-order valence-electron chi connectivity index (χ3n) is 3.92. The molecule has 0 aliphatic carbocycles. The van der Waals surface area contributed by atoms with E-state index in [-0.39, 0.29) is 35.8 Å². The van der Waals surface area contributed by atoms with Gasteiger partial charge >= 0.3 is 6.18 Å². The Balaban J connectivity index is 0.00000450. The van der Waals surface area contributed by atoms with E-state index in [0.29, 0.717) is 50.2 Å². The lowest BCUT2D eigenvalue weighted by molar-refractivity contribution is -0.137. The summed E-state index contributed by atoms with van der Waals surface area (Å²) in [5.41, 5.74) is -0.736. The number of nitrogens with one attached hydrogen (secondary N) is 2. The van der Waals surface area contributed by atoms with Crippen LogP contribution in [0, 0.1) is 6.92 Å². The van der Waals surface area contributed by atoms with Crippen LogP contribution in [-0.4, -0.2) is 41.8 Å². The fourth-order valence-corrected chi connectivity index (χ4v) is 2.45. The van der Waals surface area contributed by atoms with E-state index in [1.807, 2.05) is 13.8 Å². The average Bonchev–Trinajstić information content (AvgIpc) is 3.09. The van der Waals surface area contributed by atoms with Gasteiger partial charge in [0, 0.05) is 19.5 Å². The molecule has 0 saturated heterocycles. The summed E-state index contributed by atoms with van der Waals surface area (Å²) in [5.74, 6) is 1.87. The predicted molar refractivity (Wildman–Crippen MR) is 118 cm³/mol. The first-order valence-corrected chi connectivity index (χ1v) is 9.47. The van der Waals surface area contributed by atoms with Gasteiger partial charge in [-0.3, -0.25) is 0 Å². The summed E-state index contributed by atoms with van der Waals surface area (Å²) >= 11 is 0. The average molecular weight is 541 g/mol. The molecule has 0 radical (unpaired) electrons. The lowest BCUT2D eigenvalue weighted by Gasteiger charge is -2.18. The summed E-state index contributed by atoms with van der Waals surface area (Å²) in [4.78, 5) is 8.60. The number of halogens is 4. The largest absolute Gasteiger partial charge is 0.488 e. The molecule has 1 aromatic heterocycles. The molecule has 1 atom stereocenters. The van der Waals surface area contributed by atoms with E-state index in [2.05, 4.69) is 25.8 Å². The van der Waals surface area contributed by atoms with E-state index >= 15 is 0 Å². The third kappa shape index (κ3) is 8.76. The molecule has 168 valence electrons. The SMILES string of the molecule is CCNC(=NCC(CC)Oc1cccc(C(F)(F)F)c1)NCCc1nc(C)no1.I. The number of alkyl halides is 3. The number of hydrogen-bond donors (Lipinski definition) is 2. The van der Waals surface area contributed by atoms with Crippen LogP contribution in [0.4, 0.5) is 13.2 Å². The Labute approximate surface area is 190 Å². The van der Waals surface area contributed by atoms with Crippen molar-refractivity contribution in [2.75, 3.05) is 19.6 Å². The first-order valence-electron chi connectivity index (χ1n) is 9.47. The highest BCUT2D eigenvalue weighted by Crippen LogP contribution is 2.31. The molecule has 2 N–H and O–H groups in total. The highest BCUT2D eigenvalue weighted by atomic mass is 127. The molecule has 1 aromatic carbocycles. The monoisotopic (exact) mass is 541 g/mol. The summed E-state index contributed by atoms with van der Waals surface area (Å²) in [6, 6.07) is 4.86. The Morgan fingerprint density at radius 1 is 1.27 bits per heavy atom. The van der Waals surface area contributed by atoms with E-state index in [1.165, 1.54) is 12.1 Å². The first kappa shape index (κ1) is 26.0. The van der Waals surface area contributed by atoms with Gasteiger partial charge in [0.15, 0.2) is 11.8 Å². The fourth-order valence-electron chi connectivity index (χ4n) is 2.45. The molecule has 0 fully saturated rings. The van der Waals surface area contributed by atoms with Crippen molar-refractivity contribution in [1.29, 1.82) is 0 Å². The number of ether oxygens (including phenoxy) is 1. The number of hydrogen-bond acceptors (Lipinski definition) is 5. The van der Waals surface area contributed by atoms with Crippen LogP contribution in [0.15, 0.2) is 33.8 Å². The van der Waals surface area contributed by atoms with Gasteiger partial charge < -0.3 is 19.9 Å². The second kappa shape index (κ2) is 12.6. The Morgan fingerprint density at radius 3 is 2.63 bits per heavy atom. The van der Waals surface area contributed by atoms with Gasteiger partial charge in [0.05, 0.1) is 12.1 Å². The minimum absolute atomic E-state index is 0. The molecule has 0 aliphatic heterocycles. The van der Waals surface area contributed by atoms with Crippen LogP contribution < -0.4 is 15.4 Å². The van der Waals surface area contributed by atoms with Crippen molar-refractivity contribution in [2.24, 2.45) is 4.99 Å². The maximum atomic E-state index is 12.9. The fraction of sp³-hybridized carbons (Fsp3) is 0.526. The highest BCUT2D eigenvalue weighted by Gasteiger charge is 2.30. The van der Waals surface area contributed by atoms with Gasteiger partial charge in [-0.1, -0.05) is 18.1 Å². The minimum Gasteiger partial charge on any atom is -0.488 e. The number of benzene rings is 1. The molecule has 11 heteroatoms. The molecule has 0 bridgehead atoms. The van der Waals surface area contributed by atoms with Crippen LogP contribution in [-0.2, 0) is 12.6 Å². The van der Waals surface area contributed by atoms with Crippen LogP contribution in [0.5, 0.6) is 5.75 Å². The number of rotatable bonds is 9. The number of nitrogens with zero attached hydrogens (tertiary/aromatic N) is 3. The third-order valence-corrected chi connectivity index (χ3v) is 3.92. The Kier molecular flexibility index (Phi) is 10.9.